The molecule has 0 saturated carbocycles. The van der Waals surface area contributed by atoms with Crippen molar-refractivity contribution in [3.63, 3.8) is 0 Å². The summed E-state index contributed by atoms with van der Waals surface area (Å²) in [5.41, 5.74) is 0. The third-order valence-corrected chi connectivity index (χ3v) is 1.32. The number of alkyl carbamates (subject to hydrolysis) is 2. The van der Waals surface area contributed by atoms with Gasteiger partial charge in [0, 0.05) is 6.92 Å². The van der Waals surface area contributed by atoms with Crippen molar-refractivity contribution in [1.82, 2.24) is 5.32 Å². The Morgan fingerprint density at radius 2 is 1.80 bits per heavy atom. The van der Waals surface area contributed by atoms with E-state index >= 15 is 0 Å². The Morgan fingerprint density at radius 1 is 1.27 bits per heavy atom. The second-order valence-electron chi connectivity index (χ2n) is 2.63. The van der Waals surface area contributed by atoms with Gasteiger partial charge < -0.3 is 9.47 Å². The second kappa shape index (κ2) is 8.70. The molecule has 0 aliphatic carbocycles. The van der Waals surface area contributed by atoms with Crippen molar-refractivity contribution in [3.8, 4) is 0 Å². The number of hydrogen-bond acceptors (Lipinski definition) is 5. The summed E-state index contributed by atoms with van der Waals surface area (Å²) in [7, 11) is 0. The van der Waals surface area contributed by atoms with Crippen molar-refractivity contribution in [1.29, 1.82) is 0 Å². The molecule has 0 aliphatic heterocycles. The second-order valence-corrected chi connectivity index (χ2v) is 2.63. The first-order valence-electron chi connectivity index (χ1n) is 4.15. The van der Waals surface area contributed by atoms with Crippen LogP contribution in [0.2, 0.25) is 0 Å². The summed E-state index contributed by atoms with van der Waals surface area (Å²) in [5.74, 6) is -0.793. The van der Waals surface area contributed by atoms with E-state index in [0.29, 0.717) is 6.42 Å². The Balaban J connectivity index is 0. The van der Waals surface area contributed by atoms with E-state index in [1.807, 2.05) is 6.92 Å². The summed E-state index contributed by atoms with van der Waals surface area (Å²) in [4.78, 5) is 31.8. The molecule has 0 bridgehead atoms. The normalized spacial score (nSPS) is 10.6. The van der Waals surface area contributed by atoms with Crippen LogP contribution in [0.4, 0.5) is 9.59 Å². The Labute approximate surface area is 110 Å². The standard InChI is InChI=1S/C8H13NO5.Na.H/c1-4-5(2)13-7(11)9-8(12)14-6(3)10;;/h5H,4H2,1-3H3,(H,9,11,12);;. The van der Waals surface area contributed by atoms with Gasteiger partial charge in [-0.15, -0.1) is 0 Å². The average Bonchev–Trinajstić information content (AvgIpc) is 2.01. The zero-order valence-corrected chi connectivity index (χ0v) is 8.33. The Morgan fingerprint density at radius 3 is 2.20 bits per heavy atom. The molecule has 0 aliphatic rings. The van der Waals surface area contributed by atoms with Crippen LogP contribution in [0.3, 0.4) is 0 Å². The molecule has 0 aromatic carbocycles. The van der Waals surface area contributed by atoms with Gasteiger partial charge in [0.15, 0.2) is 0 Å². The van der Waals surface area contributed by atoms with Crippen LogP contribution >= 0.6 is 0 Å². The van der Waals surface area contributed by atoms with Gasteiger partial charge in [0.05, 0.1) is 0 Å². The van der Waals surface area contributed by atoms with Crippen molar-refractivity contribution >= 4 is 47.7 Å². The summed E-state index contributed by atoms with van der Waals surface area (Å²) in [6, 6.07) is 0. The fraction of sp³-hybridized carbons (Fsp3) is 0.625. The maximum atomic E-state index is 10.9. The molecule has 0 aromatic rings. The van der Waals surface area contributed by atoms with Crippen LogP contribution in [0.1, 0.15) is 27.2 Å². The summed E-state index contributed by atoms with van der Waals surface area (Å²) < 4.78 is 8.74. The van der Waals surface area contributed by atoms with Gasteiger partial charge in [-0.05, 0) is 13.3 Å². The minimum atomic E-state index is -1.13. The average molecular weight is 227 g/mol. The van der Waals surface area contributed by atoms with E-state index in [9.17, 15) is 14.4 Å². The zero-order chi connectivity index (χ0) is 11.1. The molecule has 1 unspecified atom stereocenters. The molecule has 0 fully saturated rings. The molecular formula is C8H14NNaO5. The van der Waals surface area contributed by atoms with Gasteiger partial charge in [0.2, 0.25) is 0 Å². The van der Waals surface area contributed by atoms with Crippen LogP contribution in [-0.4, -0.2) is 53.8 Å². The fourth-order valence-electron chi connectivity index (χ4n) is 0.535. The molecule has 0 aromatic heterocycles. The summed E-state index contributed by atoms with van der Waals surface area (Å²) in [6.45, 7) is 4.56. The predicted octanol–water partition coefficient (Wildman–Crippen LogP) is 0.546. The molecule has 0 heterocycles. The van der Waals surface area contributed by atoms with Crippen LogP contribution < -0.4 is 5.32 Å². The van der Waals surface area contributed by atoms with E-state index in [4.69, 9.17) is 0 Å². The Hall–Kier alpha value is -0.590. The van der Waals surface area contributed by atoms with E-state index in [0.717, 1.165) is 6.92 Å². The first-order valence-corrected chi connectivity index (χ1v) is 4.15. The first-order chi connectivity index (χ1) is 6.45. The Bertz CT molecular complexity index is 243. The number of hydrogen-bond donors (Lipinski definition) is 1. The third-order valence-electron chi connectivity index (χ3n) is 1.32. The van der Waals surface area contributed by atoms with Gasteiger partial charge in [-0.1, -0.05) is 6.92 Å². The third kappa shape index (κ3) is 9.71. The van der Waals surface area contributed by atoms with Crippen molar-refractivity contribution in [2.24, 2.45) is 0 Å². The van der Waals surface area contributed by atoms with Crippen molar-refractivity contribution in [2.75, 3.05) is 0 Å². The molecule has 0 saturated heterocycles. The van der Waals surface area contributed by atoms with Crippen molar-refractivity contribution in [3.05, 3.63) is 0 Å². The molecule has 7 heteroatoms. The summed E-state index contributed by atoms with van der Waals surface area (Å²) in [6.07, 6.45) is -1.72. The van der Waals surface area contributed by atoms with Gasteiger partial charge in [-0.3, -0.25) is 4.79 Å². The summed E-state index contributed by atoms with van der Waals surface area (Å²) >= 11 is 0. The molecule has 82 valence electrons. The maximum absolute atomic E-state index is 10.9. The molecule has 1 atom stereocenters. The topological polar surface area (TPSA) is 81.7 Å². The zero-order valence-electron chi connectivity index (χ0n) is 8.33. The molecule has 0 spiro atoms. The number of ether oxygens (including phenoxy) is 2. The van der Waals surface area contributed by atoms with Crippen molar-refractivity contribution < 1.29 is 23.9 Å². The van der Waals surface area contributed by atoms with E-state index in [1.165, 1.54) is 0 Å². The van der Waals surface area contributed by atoms with Gasteiger partial charge in [-0.2, -0.15) is 0 Å². The molecule has 0 radical (unpaired) electrons. The van der Waals surface area contributed by atoms with Gasteiger partial charge >= 0.3 is 47.7 Å². The van der Waals surface area contributed by atoms with E-state index in [2.05, 4.69) is 9.47 Å². The molecule has 0 rings (SSSR count). The number of rotatable bonds is 2. The monoisotopic (exact) mass is 227 g/mol. The van der Waals surface area contributed by atoms with E-state index in [-0.39, 0.29) is 35.7 Å². The number of nitrogens with one attached hydrogen (secondary N) is 1. The molecule has 1 N–H and O–H groups in total. The number of carbonyl (C=O) groups excluding carboxylic acids is 3. The quantitative estimate of drug-likeness (QED) is 0.423. The summed E-state index contributed by atoms with van der Waals surface area (Å²) in [5, 5.41) is 1.73. The fourth-order valence-corrected chi connectivity index (χ4v) is 0.535. The molecule has 15 heavy (non-hydrogen) atoms. The van der Waals surface area contributed by atoms with Gasteiger partial charge in [0.1, 0.15) is 6.10 Å². The SMILES string of the molecule is CCC(C)OC(=O)NC(=O)OC(C)=O.[NaH]. The molecule has 2 amide bonds. The van der Waals surface area contributed by atoms with Crippen molar-refractivity contribution in [2.45, 2.75) is 33.3 Å². The molecular weight excluding hydrogens is 213 g/mol. The first kappa shape index (κ1) is 16.8. The minimum absolute atomic E-state index is 0. The van der Waals surface area contributed by atoms with Crippen LogP contribution in [0.15, 0.2) is 0 Å². The Kier molecular flexibility index (Phi) is 9.76. The predicted molar refractivity (Wildman–Crippen MR) is 53.7 cm³/mol. The van der Waals surface area contributed by atoms with Crippen LogP contribution in [0.25, 0.3) is 0 Å². The van der Waals surface area contributed by atoms with Crippen LogP contribution in [-0.2, 0) is 14.3 Å². The van der Waals surface area contributed by atoms with Crippen LogP contribution in [0, 0.1) is 0 Å². The number of imide groups is 1. The number of amides is 2. The van der Waals surface area contributed by atoms with E-state index in [1.54, 1.807) is 12.2 Å². The number of esters is 1. The number of carbonyl (C=O) groups is 3. The molecule has 6 nitrogen and oxygen atoms in total. The van der Waals surface area contributed by atoms with Gasteiger partial charge in [-0.25, -0.2) is 14.9 Å². The van der Waals surface area contributed by atoms with Gasteiger partial charge in [0.25, 0.3) is 0 Å². The van der Waals surface area contributed by atoms with E-state index < -0.39 is 18.2 Å². The van der Waals surface area contributed by atoms with Crippen LogP contribution in [0.5, 0.6) is 0 Å².